The van der Waals surface area contributed by atoms with Gasteiger partial charge in [-0.2, -0.15) is 4.99 Å². The average Bonchev–Trinajstić information content (AvgIpc) is 3.44. The van der Waals surface area contributed by atoms with Crippen LogP contribution in [-0.4, -0.2) is 36.8 Å². The lowest BCUT2D eigenvalue weighted by atomic mass is 10.0. The first-order valence-electron chi connectivity index (χ1n) is 10.8. The second-order valence-corrected chi connectivity index (χ2v) is 8.88. The predicted octanol–water partition coefficient (Wildman–Crippen LogP) is 3.43. The molecule has 2 heterocycles. The van der Waals surface area contributed by atoms with Gasteiger partial charge in [0.25, 0.3) is 5.91 Å². The molecule has 33 heavy (non-hydrogen) atoms. The number of hydrogen-bond acceptors (Lipinski definition) is 4. The molecular formula is C23H26ClF2N5O2. The Bertz CT molecular complexity index is 1030. The standard InChI is InChI=1S/C23H26ClF2N5O2/c1-23(9-2-10-33-23)13-27-22(29-21(32)15-5-8-17(24)18(26)11-15)28-20-12-19(30-31-20)14-3-6-16(25)7-4-14/h3-8,11,19-20,30-31H,2,9-10,12-13H2,1H3,(H2,27,28,29,32). The van der Waals surface area contributed by atoms with E-state index < -0.39 is 11.7 Å². The summed E-state index contributed by atoms with van der Waals surface area (Å²) in [7, 11) is 0. The maximum Gasteiger partial charge on any atom is 0.280 e. The zero-order valence-corrected chi connectivity index (χ0v) is 18.9. The first-order chi connectivity index (χ1) is 15.8. The van der Waals surface area contributed by atoms with Crippen molar-refractivity contribution in [3.05, 3.63) is 70.2 Å². The van der Waals surface area contributed by atoms with Gasteiger partial charge in [0.15, 0.2) is 0 Å². The molecule has 4 rings (SSSR count). The van der Waals surface area contributed by atoms with E-state index in [2.05, 4.69) is 26.5 Å². The summed E-state index contributed by atoms with van der Waals surface area (Å²) in [6, 6.07) is 10.0. The third kappa shape index (κ3) is 6.05. The SMILES string of the molecule is CC1(CN/C(=N/C(=O)c2ccc(Cl)c(F)c2)NC2CC(c3ccc(F)cc3)NN2)CCCO1. The van der Waals surface area contributed by atoms with Crippen LogP contribution < -0.4 is 21.5 Å². The van der Waals surface area contributed by atoms with Crippen LogP contribution in [0.2, 0.25) is 5.02 Å². The molecule has 1 amide bonds. The number of aliphatic imine (C=N–C) groups is 1. The quantitative estimate of drug-likeness (QED) is 0.390. The van der Waals surface area contributed by atoms with Crippen LogP contribution in [0.3, 0.4) is 0 Å². The molecular weight excluding hydrogens is 452 g/mol. The summed E-state index contributed by atoms with van der Waals surface area (Å²) in [5.41, 5.74) is 6.93. The zero-order chi connectivity index (χ0) is 23.4. The topological polar surface area (TPSA) is 86.8 Å². The van der Waals surface area contributed by atoms with Crippen molar-refractivity contribution in [3.8, 4) is 0 Å². The van der Waals surface area contributed by atoms with Crippen LogP contribution in [-0.2, 0) is 4.74 Å². The molecule has 2 fully saturated rings. The fourth-order valence-electron chi connectivity index (χ4n) is 3.89. The van der Waals surface area contributed by atoms with E-state index in [0.29, 0.717) is 19.6 Å². The highest BCUT2D eigenvalue weighted by molar-refractivity contribution is 6.30. The van der Waals surface area contributed by atoms with Crippen LogP contribution >= 0.6 is 11.6 Å². The smallest absolute Gasteiger partial charge is 0.280 e. The number of halogens is 3. The van der Waals surface area contributed by atoms with E-state index in [-0.39, 0.29) is 40.2 Å². The molecule has 4 N–H and O–H groups in total. The lowest BCUT2D eigenvalue weighted by Gasteiger charge is -2.25. The minimum Gasteiger partial charge on any atom is -0.373 e. The van der Waals surface area contributed by atoms with Crippen molar-refractivity contribution in [2.75, 3.05) is 13.2 Å². The van der Waals surface area contributed by atoms with Gasteiger partial charge in [0.05, 0.1) is 16.8 Å². The van der Waals surface area contributed by atoms with Crippen molar-refractivity contribution in [3.63, 3.8) is 0 Å². The number of hydrogen-bond donors (Lipinski definition) is 4. The highest BCUT2D eigenvalue weighted by Gasteiger charge is 2.31. The molecule has 0 aromatic heterocycles. The Kier molecular flexibility index (Phi) is 7.23. The maximum absolute atomic E-state index is 13.8. The number of ether oxygens (including phenoxy) is 1. The van der Waals surface area contributed by atoms with Crippen LogP contribution in [0.15, 0.2) is 47.5 Å². The summed E-state index contributed by atoms with van der Waals surface area (Å²) in [6.07, 6.45) is 2.20. The first kappa shape index (κ1) is 23.6. The molecule has 2 aromatic rings. The van der Waals surface area contributed by atoms with Crippen LogP contribution in [0.5, 0.6) is 0 Å². The van der Waals surface area contributed by atoms with Gasteiger partial charge < -0.3 is 15.4 Å². The molecule has 7 nitrogen and oxygen atoms in total. The van der Waals surface area contributed by atoms with Gasteiger partial charge >= 0.3 is 0 Å². The fraction of sp³-hybridized carbons (Fsp3) is 0.391. The number of carbonyl (C=O) groups is 1. The summed E-state index contributed by atoms with van der Waals surface area (Å²) in [4.78, 5) is 16.9. The number of carbonyl (C=O) groups excluding carboxylic acids is 1. The van der Waals surface area contributed by atoms with Gasteiger partial charge in [0, 0.05) is 31.2 Å². The summed E-state index contributed by atoms with van der Waals surface area (Å²) in [5.74, 6) is -1.35. The van der Waals surface area contributed by atoms with Gasteiger partial charge in [-0.15, -0.1) is 0 Å². The monoisotopic (exact) mass is 477 g/mol. The molecule has 2 saturated heterocycles. The Hall–Kier alpha value is -2.59. The van der Waals surface area contributed by atoms with Crippen molar-refractivity contribution < 1.29 is 18.3 Å². The van der Waals surface area contributed by atoms with Crippen LogP contribution in [0.4, 0.5) is 8.78 Å². The Labute approximate surface area is 195 Å². The van der Waals surface area contributed by atoms with Gasteiger partial charge in [0.1, 0.15) is 11.6 Å². The van der Waals surface area contributed by atoms with Crippen molar-refractivity contribution in [1.29, 1.82) is 0 Å². The Morgan fingerprint density at radius 3 is 2.73 bits per heavy atom. The maximum atomic E-state index is 13.8. The molecule has 3 unspecified atom stereocenters. The van der Waals surface area contributed by atoms with E-state index in [1.54, 1.807) is 12.1 Å². The Balaban J connectivity index is 1.47. The molecule has 0 radical (unpaired) electrons. The van der Waals surface area contributed by atoms with Crippen molar-refractivity contribution >= 4 is 23.5 Å². The molecule has 2 aliphatic rings. The summed E-state index contributed by atoms with van der Waals surface area (Å²) in [6.45, 7) is 3.14. The van der Waals surface area contributed by atoms with Crippen molar-refractivity contribution in [2.45, 2.75) is 44.0 Å². The first-order valence-corrected chi connectivity index (χ1v) is 11.2. The number of nitrogens with zero attached hydrogens (tertiary/aromatic N) is 1. The molecule has 0 bridgehead atoms. The summed E-state index contributed by atoms with van der Waals surface area (Å²) in [5, 5.41) is 6.30. The molecule has 0 spiro atoms. The van der Waals surface area contributed by atoms with E-state index >= 15 is 0 Å². The van der Waals surface area contributed by atoms with E-state index in [0.717, 1.165) is 24.5 Å². The Morgan fingerprint density at radius 2 is 2.03 bits per heavy atom. The third-order valence-electron chi connectivity index (χ3n) is 5.80. The minimum absolute atomic E-state index is 0.0545. The number of amides is 1. The van der Waals surface area contributed by atoms with Gasteiger partial charge in [0.2, 0.25) is 5.96 Å². The molecule has 176 valence electrons. The number of guanidine groups is 1. The van der Waals surface area contributed by atoms with Gasteiger partial charge in [-0.05, 0) is 55.7 Å². The largest absolute Gasteiger partial charge is 0.373 e. The summed E-state index contributed by atoms with van der Waals surface area (Å²) >= 11 is 5.72. The zero-order valence-electron chi connectivity index (χ0n) is 18.1. The number of benzene rings is 2. The molecule has 2 aromatic carbocycles. The molecule has 0 saturated carbocycles. The number of rotatable bonds is 5. The lowest BCUT2D eigenvalue weighted by molar-refractivity contribution is 0.0242. The molecule has 3 atom stereocenters. The minimum atomic E-state index is -0.684. The molecule has 2 aliphatic heterocycles. The highest BCUT2D eigenvalue weighted by Crippen LogP contribution is 2.24. The van der Waals surface area contributed by atoms with Gasteiger partial charge in [-0.3, -0.25) is 4.79 Å². The van der Waals surface area contributed by atoms with Gasteiger partial charge in [-0.1, -0.05) is 23.7 Å². The Morgan fingerprint density at radius 1 is 1.24 bits per heavy atom. The van der Waals surface area contributed by atoms with Gasteiger partial charge in [-0.25, -0.2) is 19.6 Å². The van der Waals surface area contributed by atoms with Crippen LogP contribution in [0.25, 0.3) is 0 Å². The number of hydrazine groups is 1. The lowest BCUT2D eigenvalue weighted by Crippen LogP contribution is -2.52. The fourth-order valence-corrected chi connectivity index (χ4v) is 4.01. The second-order valence-electron chi connectivity index (χ2n) is 8.48. The highest BCUT2D eigenvalue weighted by atomic mass is 35.5. The molecule has 0 aliphatic carbocycles. The average molecular weight is 478 g/mol. The van der Waals surface area contributed by atoms with E-state index in [1.165, 1.54) is 24.3 Å². The summed E-state index contributed by atoms with van der Waals surface area (Å²) < 4.78 is 32.9. The van der Waals surface area contributed by atoms with Crippen LogP contribution in [0, 0.1) is 11.6 Å². The van der Waals surface area contributed by atoms with E-state index in [9.17, 15) is 13.6 Å². The van der Waals surface area contributed by atoms with Crippen molar-refractivity contribution in [2.24, 2.45) is 4.99 Å². The normalized spacial score (nSPS) is 25.3. The van der Waals surface area contributed by atoms with Crippen molar-refractivity contribution in [1.82, 2.24) is 21.5 Å². The number of nitrogens with one attached hydrogen (secondary N) is 4. The van der Waals surface area contributed by atoms with E-state index in [4.69, 9.17) is 16.3 Å². The van der Waals surface area contributed by atoms with E-state index in [1.807, 2.05) is 6.92 Å². The predicted molar refractivity (Wildman–Crippen MR) is 122 cm³/mol. The van der Waals surface area contributed by atoms with Crippen LogP contribution in [0.1, 0.15) is 48.1 Å². The third-order valence-corrected chi connectivity index (χ3v) is 6.10. The second kappa shape index (κ2) is 10.1. The molecule has 10 heteroatoms.